The number of nitrogens with zero attached hydrogens (tertiary/aromatic N) is 5. The van der Waals surface area contributed by atoms with Crippen molar-refractivity contribution in [3.05, 3.63) is 71.9 Å². The van der Waals surface area contributed by atoms with E-state index in [4.69, 9.17) is 0 Å². The van der Waals surface area contributed by atoms with Crippen LogP contribution in [0.3, 0.4) is 0 Å². The van der Waals surface area contributed by atoms with Gasteiger partial charge in [-0.3, -0.25) is 9.88 Å². The molecule has 4 aromatic rings. The zero-order chi connectivity index (χ0) is 28.7. The average Bonchev–Trinajstić information content (AvgIpc) is 2.87. The van der Waals surface area contributed by atoms with Crippen molar-refractivity contribution in [2.24, 2.45) is 5.41 Å². The predicted molar refractivity (Wildman–Crippen MR) is 139 cm³/mol. The molecule has 1 fully saturated rings. The van der Waals surface area contributed by atoms with Gasteiger partial charge in [-0.1, -0.05) is 19.9 Å². The molecule has 12 heteroatoms. The van der Waals surface area contributed by atoms with Crippen molar-refractivity contribution >= 4 is 22.4 Å². The number of fused-ring (bicyclic) bond motifs is 1. The fraction of sp³-hybridized carbons (Fsp3) is 0.357. The highest BCUT2D eigenvalue weighted by Gasteiger charge is 2.35. The molecule has 1 aromatic carbocycles. The second kappa shape index (κ2) is 10.3. The Morgan fingerprint density at radius 2 is 1.75 bits per heavy atom. The number of piperidine rings is 1. The highest BCUT2D eigenvalue weighted by Crippen LogP contribution is 2.37. The van der Waals surface area contributed by atoms with Gasteiger partial charge in [-0.25, -0.2) is 15.0 Å². The molecule has 1 aliphatic heterocycles. The zero-order valence-corrected chi connectivity index (χ0v) is 21.7. The summed E-state index contributed by atoms with van der Waals surface area (Å²) in [5, 5.41) is 3.50. The summed E-state index contributed by atoms with van der Waals surface area (Å²) in [5.74, 6) is 0.739. The molecule has 6 nitrogen and oxygen atoms in total. The van der Waals surface area contributed by atoms with Crippen LogP contribution in [0.4, 0.5) is 37.8 Å². The van der Waals surface area contributed by atoms with Gasteiger partial charge < -0.3 is 5.32 Å². The van der Waals surface area contributed by atoms with Crippen molar-refractivity contribution in [3.8, 4) is 11.3 Å². The summed E-state index contributed by atoms with van der Waals surface area (Å²) < 4.78 is 80.0. The van der Waals surface area contributed by atoms with E-state index in [-0.39, 0.29) is 22.4 Å². The third-order valence-electron chi connectivity index (χ3n) is 6.79. The van der Waals surface area contributed by atoms with E-state index in [0.29, 0.717) is 29.1 Å². The Morgan fingerprint density at radius 1 is 0.950 bits per heavy atom. The second-order valence-corrected chi connectivity index (χ2v) is 10.7. The summed E-state index contributed by atoms with van der Waals surface area (Å²) in [6.45, 7) is 6.44. The lowest BCUT2D eigenvalue weighted by Gasteiger charge is -2.37. The topological polar surface area (TPSA) is 66.8 Å². The Balaban J connectivity index is 1.57. The number of pyridine rings is 2. The van der Waals surface area contributed by atoms with Crippen LogP contribution < -0.4 is 5.32 Å². The SMILES string of the molecule is CC1(C)CCCN(Cc2nc(Nc3ccc(C(F)(F)F)nc3)c3ccc(-c4ncccc4C(F)(F)F)cc3n2)C1. The summed E-state index contributed by atoms with van der Waals surface area (Å²) >= 11 is 0. The Hall–Kier alpha value is -3.80. The number of hydrogen-bond donors (Lipinski definition) is 1. The summed E-state index contributed by atoms with van der Waals surface area (Å²) in [4.78, 5) is 19.0. The fourth-order valence-electron chi connectivity index (χ4n) is 5.01. The van der Waals surface area contributed by atoms with Gasteiger partial charge in [0.25, 0.3) is 0 Å². The molecule has 0 amide bonds. The number of rotatable bonds is 5. The minimum Gasteiger partial charge on any atom is -0.338 e. The molecule has 0 radical (unpaired) electrons. The van der Waals surface area contributed by atoms with Crippen LogP contribution in [0, 0.1) is 5.41 Å². The van der Waals surface area contributed by atoms with Gasteiger partial charge in [-0.05, 0) is 61.2 Å². The third kappa shape index (κ3) is 6.16. The Bertz CT molecular complexity index is 1510. The van der Waals surface area contributed by atoms with Gasteiger partial charge in [0.1, 0.15) is 17.3 Å². The maximum Gasteiger partial charge on any atom is 0.433 e. The van der Waals surface area contributed by atoms with E-state index in [1.54, 1.807) is 6.07 Å². The number of anilines is 2. The molecule has 0 spiro atoms. The number of likely N-dealkylation sites (tertiary alicyclic amines) is 1. The number of nitrogens with one attached hydrogen (secondary N) is 1. The van der Waals surface area contributed by atoms with Gasteiger partial charge in [0.2, 0.25) is 0 Å². The first kappa shape index (κ1) is 27.8. The van der Waals surface area contributed by atoms with E-state index < -0.39 is 23.6 Å². The van der Waals surface area contributed by atoms with Gasteiger partial charge in [-0.15, -0.1) is 0 Å². The Morgan fingerprint density at radius 3 is 2.42 bits per heavy atom. The number of halogens is 6. The molecule has 0 unspecified atom stereocenters. The van der Waals surface area contributed by atoms with Crippen LogP contribution in [0.1, 0.15) is 43.8 Å². The number of benzene rings is 1. The van der Waals surface area contributed by atoms with Gasteiger partial charge in [0.05, 0.1) is 35.2 Å². The molecule has 1 N–H and O–H groups in total. The standard InChI is InChI=1S/C28H26F6N6/c1-26(2)10-4-12-40(16-26)15-23-38-21-13-17(24-20(27(29,30)31)5-3-11-35-24)6-8-19(21)25(39-23)37-18-7-9-22(36-14-18)28(32,33)34/h3,5-9,11,13-14H,4,10,12,15-16H2,1-2H3,(H,37,38,39). The minimum absolute atomic E-state index is 0.113. The van der Waals surface area contributed by atoms with E-state index in [2.05, 4.69) is 44.0 Å². The molecule has 3 aromatic heterocycles. The summed E-state index contributed by atoms with van der Waals surface area (Å²) in [6.07, 6.45) is -4.73. The van der Waals surface area contributed by atoms with Gasteiger partial charge in [-0.2, -0.15) is 26.3 Å². The van der Waals surface area contributed by atoms with E-state index >= 15 is 0 Å². The number of aromatic nitrogens is 4. The second-order valence-electron chi connectivity index (χ2n) is 10.7. The first-order valence-electron chi connectivity index (χ1n) is 12.6. The monoisotopic (exact) mass is 560 g/mol. The van der Waals surface area contributed by atoms with Crippen molar-refractivity contribution in [1.82, 2.24) is 24.8 Å². The Kier molecular flexibility index (Phi) is 7.15. The van der Waals surface area contributed by atoms with Crippen molar-refractivity contribution < 1.29 is 26.3 Å². The zero-order valence-electron chi connectivity index (χ0n) is 21.7. The lowest BCUT2D eigenvalue weighted by molar-refractivity contribution is -0.141. The molecule has 1 saturated heterocycles. The lowest BCUT2D eigenvalue weighted by atomic mass is 9.84. The molecule has 1 aliphatic rings. The van der Waals surface area contributed by atoms with Gasteiger partial charge >= 0.3 is 12.4 Å². The summed E-state index contributed by atoms with van der Waals surface area (Å²) in [7, 11) is 0. The lowest BCUT2D eigenvalue weighted by Crippen LogP contribution is -2.39. The molecule has 0 saturated carbocycles. The number of hydrogen-bond acceptors (Lipinski definition) is 6. The van der Waals surface area contributed by atoms with Gasteiger partial charge in [0, 0.05) is 23.7 Å². The molecule has 5 rings (SSSR count). The summed E-state index contributed by atoms with van der Waals surface area (Å²) in [6, 6.07) is 8.90. The first-order valence-corrected chi connectivity index (χ1v) is 12.6. The molecule has 4 heterocycles. The van der Waals surface area contributed by atoms with E-state index in [1.165, 1.54) is 30.5 Å². The largest absolute Gasteiger partial charge is 0.433 e. The molecular weight excluding hydrogens is 534 g/mol. The Labute approximate surface area is 226 Å². The highest BCUT2D eigenvalue weighted by molar-refractivity contribution is 5.93. The maximum absolute atomic E-state index is 13.7. The van der Waals surface area contributed by atoms with Crippen LogP contribution in [0.25, 0.3) is 22.2 Å². The van der Waals surface area contributed by atoms with Crippen LogP contribution in [0.15, 0.2) is 54.9 Å². The summed E-state index contributed by atoms with van der Waals surface area (Å²) in [5.41, 5.74) is -1.14. The van der Waals surface area contributed by atoms with E-state index in [0.717, 1.165) is 44.3 Å². The normalized spacial score (nSPS) is 16.3. The highest BCUT2D eigenvalue weighted by atomic mass is 19.4. The van der Waals surface area contributed by atoms with Crippen molar-refractivity contribution in [3.63, 3.8) is 0 Å². The molecule has 40 heavy (non-hydrogen) atoms. The first-order chi connectivity index (χ1) is 18.8. The molecule has 0 bridgehead atoms. The quantitative estimate of drug-likeness (QED) is 0.255. The van der Waals surface area contributed by atoms with Crippen LogP contribution in [0.2, 0.25) is 0 Å². The van der Waals surface area contributed by atoms with Crippen LogP contribution in [0.5, 0.6) is 0 Å². The van der Waals surface area contributed by atoms with Crippen LogP contribution in [-0.2, 0) is 18.9 Å². The average molecular weight is 561 g/mol. The molecule has 0 aliphatic carbocycles. The van der Waals surface area contributed by atoms with Gasteiger partial charge in [0.15, 0.2) is 0 Å². The van der Waals surface area contributed by atoms with Crippen LogP contribution in [-0.4, -0.2) is 37.9 Å². The molecule has 0 atom stereocenters. The van der Waals surface area contributed by atoms with Crippen molar-refractivity contribution in [1.29, 1.82) is 0 Å². The third-order valence-corrected chi connectivity index (χ3v) is 6.79. The van der Waals surface area contributed by atoms with Crippen LogP contribution >= 0.6 is 0 Å². The smallest absolute Gasteiger partial charge is 0.338 e. The molecule has 210 valence electrons. The van der Waals surface area contributed by atoms with Crippen molar-refractivity contribution in [2.45, 2.75) is 45.6 Å². The fourth-order valence-corrected chi connectivity index (χ4v) is 5.01. The van der Waals surface area contributed by atoms with E-state index in [1.807, 2.05) is 0 Å². The predicted octanol–water partition coefficient (Wildman–Crippen LogP) is 7.49. The maximum atomic E-state index is 13.7. The molecular formula is C28H26F6N6. The number of alkyl halides is 6. The minimum atomic E-state index is -4.60. The van der Waals surface area contributed by atoms with E-state index in [9.17, 15) is 26.3 Å². The van der Waals surface area contributed by atoms with Crippen molar-refractivity contribution in [2.75, 3.05) is 18.4 Å².